The van der Waals surface area contributed by atoms with Crippen LogP contribution in [0.2, 0.25) is 0 Å². The monoisotopic (exact) mass is 140 g/mol. The molecular formula is C8H12O2. The summed E-state index contributed by atoms with van der Waals surface area (Å²) in [4.78, 5) is 10.5. The lowest BCUT2D eigenvalue weighted by atomic mass is 10.5. The average Bonchev–Trinajstić information content (AvgIpc) is 1.98. The molecule has 0 N–H and O–H groups in total. The van der Waals surface area contributed by atoms with Gasteiger partial charge in [-0.25, -0.2) is 0 Å². The van der Waals surface area contributed by atoms with Crippen molar-refractivity contribution >= 4 is 5.97 Å². The van der Waals surface area contributed by atoms with E-state index in [1.165, 1.54) is 0 Å². The lowest BCUT2D eigenvalue weighted by molar-refractivity contribution is -0.141. The van der Waals surface area contributed by atoms with E-state index in [-0.39, 0.29) is 5.97 Å². The molecule has 0 aromatic rings. The van der Waals surface area contributed by atoms with Gasteiger partial charge in [-0.1, -0.05) is 25.7 Å². The summed E-state index contributed by atoms with van der Waals surface area (Å²) >= 11 is 0. The summed E-state index contributed by atoms with van der Waals surface area (Å²) in [5, 5.41) is 0. The van der Waals surface area contributed by atoms with Gasteiger partial charge in [-0.3, -0.25) is 4.79 Å². The molecule has 10 heavy (non-hydrogen) atoms. The fourth-order valence-corrected chi connectivity index (χ4v) is 0.395. The van der Waals surface area contributed by atoms with E-state index in [1.54, 1.807) is 25.2 Å². The molecule has 0 aliphatic rings. The second-order valence-electron chi connectivity index (χ2n) is 1.70. The minimum atomic E-state index is -0.172. The van der Waals surface area contributed by atoms with Gasteiger partial charge >= 0.3 is 5.97 Å². The summed E-state index contributed by atoms with van der Waals surface area (Å²) in [5.74, 6) is -0.172. The van der Waals surface area contributed by atoms with Crippen molar-refractivity contribution in [3.05, 3.63) is 24.8 Å². The first-order valence-electron chi connectivity index (χ1n) is 3.24. The van der Waals surface area contributed by atoms with Crippen LogP contribution in [-0.4, -0.2) is 12.6 Å². The van der Waals surface area contributed by atoms with Gasteiger partial charge in [0.25, 0.3) is 0 Å². The maximum absolute atomic E-state index is 10.5. The van der Waals surface area contributed by atoms with E-state index in [0.29, 0.717) is 13.0 Å². The number of carbonyl (C=O) groups is 1. The molecule has 0 aliphatic carbocycles. The third kappa shape index (κ3) is 5.09. The minimum absolute atomic E-state index is 0.172. The van der Waals surface area contributed by atoms with E-state index >= 15 is 0 Å². The van der Waals surface area contributed by atoms with Gasteiger partial charge in [0.15, 0.2) is 0 Å². The summed E-state index contributed by atoms with van der Waals surface area (Å²) < 4.78 is 4.72. The van der Waals surface area contributed by atoms with Crippen LogP contribution < -0.4 is 0 Å². The van der Waals surface area contributed by atoms with Crippen molar-refractivity contribution in [2.24, 2.45) is 0 Å². The molecule has 2 nitrogen and oxygen atoms in total. The lowest BCUT2D eigenvalue weighted by Crippen LogP contribution is -2.01. The largest absolute Gasteiger partial charge is 0.461 e. The van der Waals surface area contributed by atoms with Crippen molar-refractivity contribution in [1.82, 2.24) is 0 Å². The predicted octanol–water partition coefficient (Wildman–Crippen LogP) is 1.68. The molecule has 0 saturated carbocycles. The van der Waals surface area contributed by atoms with Gasteiger partial charge in [-0.2, -0.15) is 0 Å². The van der Waals surface area contributed by atoms with E-state index < -0.39 is 0 Å². The van der Waals surface area contributed by atoms with Gasteiger partial charge in [0, 0.05) is 6.42 Å². The highest BCUT2D eigenvalue weighted by Crippen LogP contribution is 1.84. The molecule has 0 rings (SSSR count). The molecule has 0 fully saturated rings. The Hall–Kier alpha value is -1.05. The van der Waals surface area contributed by atoms with Crippen LogP contribution in [0.4, 0.5) is 0 Å². The quantitative estimate of drug-likeness (QED) is 0.438. The van der Waals surface area contributed by atoms with Gasteiger partial charge in [0.1, 0.15) is 6.61 Å². The molecule has 0 aliphatic heterocycles. The fourth-order valence-electron chi connectivity index (χ4n) is 0.395. The second kappa shape index (κ2) is 6.08. The van der Waals surface area contributed by atoms with Crippen LogP contribution in [0.15, 0.2) is 24.8 Å². The predicted molar refractivity (Wildman–Crippen MR) is 40.6 cm³/mol. The molecule has 0 saturated heterocycles. The number of hydrogen-bond acceptors (Lipinski definition) is 2. The number of carbonyl (C=O) groups excluding carboxylic acids is 1. The average molecular weight is 140 g/mol. The zero-order chi connectivity index (χ0) is 7.82. The van der Waals surface area contributed by atoms with Crippen LogP contribution in [0.3, 0.4) is 0 Å². The Morgan fingerprint density at radius 2 is 2.40 bits per heavy atom. The van der Waals surface area contributed by atoms with Crippen LogP contribution in [0.1, 0.15) is 13.3 Å². The van der Waals surface area contributed by atoms with E-state index in [1.807, 2.05) is 0 Å². The summed E-state index contributed by atoms with van der Waals surface area (Å²) in [6, 6.07) is 0. The Morgan fingerprint density at radius 1 is 1.70 bits per heavy atom. The highest BCUT2D eigenvalue weighted by Gasteiger charge is 1.92. The van der Waals surface area contributed by atoms with Gasteiger partial charge in [0.2, 0.25) is 0 Å². The Morgan fingerprint density at radius 3 is 2.90 bits per heavy atom. The first kappa shape index (κ1) is 8.95. The van der Waals surface area contributed by atoms with E-state index in [0.717, 1.165) is 0 Å². The van der Waals surface area contributed by atoms with Crippen molar-refractivity contribution in [3.63, 3.8) is 0 Å². The van der Waals surface area contributed by atoms with Gasteiger partial charge in [-0.05, 0) is 6.08 Å². The normalized spacial score (nSPS) is 9.70. The molecule has 0 amide bonds. The Bertz CT molecular complexity index is 136. The maximum Gasteiger partial charge on any atom is 0.305 e. The molecule has 0 radical (unpaired) electrons. The van der Waals surface area contributed by atoms with Gasteiger partial charge < -0.3 is 4.74 Å². The van der Waals surface area contributed by atoms with Crippen LogP contribution in [0.5, 0.6) is 0 Å². The van der Waals surface area contributed by atoms with Gasteiger partial charge in [0.05, 0.1) is 0 Å². The highest BCUT2D eigenvalue weighted by atomic mass is 16.5. The molecule has 0 heterocycles. The first-order chi connectivity index (χ1) is 4.81. The summed E-state index contributed by atoms with van der Waals surface area (Å²) in [7, 11) is 0. The van der Waals surface area contributed by atoms with Crippen molar-refractivity contribution < 1.29 is 9.53 Å². The minimum Gasteiger partial charge on any atom is -0.461 e. The Balaban J connectivity index is 3.27. The van der Waals surface area contributed by atoms with Crippen LogP contribution in [0.25, 0.3) is 0 Å². The van der Waals surface area contributed by atoms with E-state index in [2.05, 4.69) is 6.58 Å². The molecule has 0 spiro atoms. The van der Waals surface area contributed by atoms with Crippen LogP contribution in [0, 0.1) is 0 Å². The molecule has 2 heteroatoms. The topological polar surface area (TPSA) is 26.3 Å². The lowest BCUT2D eigenvalue weighted by Gasteiger charge is -1.95. The summed E-state index contributed by atoms with van der Waals surface area (Å²) in [6.07, 6.45) is 5.55. The maximum atomic E-state index is 10.5. The standard InChI is InChI=1S/C8H12O2/c1-3-5-6-7-10-8(9)4-2/h3,5-6H,1,4,7H2,2H3. The number of hydrogen-bond donors (Lipinski definition) is 0. The second-order valence-corrected chi connectivity index (χ2v) is 1.70. The van der Waals surface area contributed by atoms with Crippen molar-refractivity contribution in [2.75, 3.05) is 6.61 Å². The highest BCUT2D eigenvalue weighted by molar-refractivity contribution is 5.68. The zero-order valence-corrected chi connectivity index (χ0v) is 6.17. The molecule has 56 valence electrons. The SMILES string of the molecule is C=CC=CCOC(=O)CC. The van der Waals surface area contributed by atoms with Crippen molar-refractivity contribution in [2.45, 2.75) is 13.3 Å². The summed E-state index contributed by atoms with van der Waals surface area (Å²) in [6.45, 7) is 5.58. The zero-order valence-electron chi connectivity index (χ0n) is 6.17. The number of rotatable bonds is 4. The smallest absolute Gasteiger partial charge is 0.305 e. The molecular weight excluding hydrogens is 128 g/mol. The fraction of sp³-hybridized carbons (Fsp3) is 0.375. The van der Waals surface area contributed by atoms with Crippen LogP contribution in [-0.2, 0) is 9.53 Å². The molecule has 0 atom stereocenters. The molecule has 0 unspecified atom stereocenters. The molecule has 0 bridgehead atoms. The number of ether oxygens (including phenoxy) is 1. The number of esters is 1. The van der Waals surface area contributed by atoms with Gasteiger partial charge in [-0.15, -0.1) is 0 Å². The summed E-state index contributed by atoms with van der Waals surface area (Å²) in [5.41, 5.74) is 0. The van der Waals surface area contributed by atoms with E-state index in [4.69, 9.17) is 4.74 Å². The van der Waals surface area contributed by atoms with Crippen molar-refractivity contribution in [1.29, 1.82) is 0 Å². The third-order valence-corrected chi connectivity index (χ3v) is 0.901. The molecule has 0 aromatic heterocycles. The van der Waals surface area contributed by atoms with E-state index in [9.17, 15) is 4.79 Å². The van der Waals surface area contributed by atoms with Crippen molar-refractivity contribution in [3.8, 4) is 0 Å². The number of allylic oxidation sites excluding steroid dienone is 2. The first-order valence-corrected chi connectivity index (χ1v) is 3.24. The molecule has 0 aromatic carbocycles. The Labute approximate surface area is 61.2 Å². The van der Waals surface area contributed by atoms with Crippen LogP contribution >= 0.6 is 0 Å². The Kier molecular flexibility index (Phi) is 5.44. The third-order valence-electron chi connectivity index (χ3n) is 0.901.